The van der Waals surface area contributed by atoms with Crippen molar-refractivity contribution in [2.45, 2.75) is 0 Å². The fraction of sp³-hybridized carbons (Fsp3) is 0.500. The van der Waals surface area contributed by atoms with Gasteiger partial charge in [0.15, 0.2) is 0 Å². The van der Waals surface area contributed by atoms with Gasteiger partial charge in [0.05, 0.1) is 0 Å². The Morgan fingerprint density at radius 3 is 1.75 bits per heavy atom. The second kappa shape index (κ2) is 12.2. The van der Waals surface area contributed by atoms with Crippen molar-refractivity contribution in [1.82, 2.24) is 0 Å². The number of aliphatic hydroxyl groups excluding tert-OH is 1. The number of hydrogen-bond donors (Lipinski definition) is 3. The van der Waals surface area contributed by atoms with Gasteiger partial charge in [0, 0.05) is 0 Å². The third-order valence-corrected chi connectivity index (χ3v) is 0.791. The molecule has 0 bridgehead atoms. The maximum atomic E-state index is 9.86. The summed E-state index contributed by atoms with van der Waals surface area (Å²) in [6.07, 6.45) is 0. The number of hydrogen-bond acceptors (Lipinski definition) is 4. The zero-order valence-corrected chi connectivity index (χ0v) is 5.12. The first-order valence-electron chi connectivity index (χ1n) is 1.84. The molecule has 0 radical (unpaired) electrons. The molecule has 6 nitrogen and oxygen atoms in total. The molecule has 12 heavy (non-hydrogen) atoms. The number of carbonyl (C=O) groups is 1. The maximum absolute atomic E-state index is 9.86. The SMILES string of the molecule is O=C(CO)OP(=O)(O)O.[CaH2].[CaH2].[NaH]. The Morgan fingerprint density at radius 1 is 1.33 bits per heavy atom. The summed E-state index contributed by atoms with van der Waals surface area (Å²) in [5.41, 5.74) is 0. The summed E-state index contributed by atoms with van der Waals surface area (Å²) in [6.45, 7) is -1.04. The van der Waals surface area contributed by atoms with Gasteiger partial charge in [0.1, 0.15) is 6.61 Å². The summed E-state index contributed by atoms with van der Waals surface area (Å²) in [5.74, 6) is -1.34. The van der Waals surface area contributed by atoms with E-state index < -0.39 is 20.4 Å². The fourth-order valence-electron chi connectivity index (χ4n) is 0.162. The van der Waals surface area contributed by atoms with E-state index in [0.717, 1.165) is 0 Å². The summed E-state index contributed by atoms with van der Waals surface area (Å²) in [5, 5.41) is 7.88. The van der Waals surface area contributed by atoms with Crippen molar-refractivity contribution in [3.63, 3.8) is 0 Å². The van der Waals surface area contributed by atoms with Crippen LogP contribution in [0.4, 0.5) is 0 Å². The molecule has 0 aromatic rings. The van der Waals surface area contributed by atoms with E-state index in [2.05, 4.69) is 4.52 Å². The molecule has 0 unspecified atom stereocenters. The number of aliphatic hydroxyl groups is 1. The van der Waals surface area contributed by atoms with Crippen molar-refractivity contribution in [2.75, 3.05) is 6.61 Å². The van der Waals surface area contributed by atoms with Crippen LogP contribution in [0, 0.1) is 0 Å². The van der Waals surface area contributed by atoms with Gasteiger partial charge in [-0.3, -0.25) is 9.79 Å². The van der Waals surface area contributed by atoms with Crippen molar-refractivity contribution in [2.24, 2.45) is 0 Å². The Labute approximate surface area is 151 Å². The molecular formula is C2H10Ca2NaO6P. The van der Waals surface area contributed by atoms with E-state index in [1.807, 2.05) is 0 Å². The quantitative estimate of drug-likeness (QED) is 0.348. The standard InChI is InChI=1S/C2H5O6P.2Ca.Na.5H/c3-1-2(4)8-9(5,6)7;;;;;;;;/h3H,1H2,(H2,5,6,7);;;;;;;;. The van der Waals surface area contributed by atoms with Gasteiger partial charge in [-0.05, 0) is 0 Å². The third-order valence-electron chi connectivity index (χ3n) is 0.350. The van der Waals surface area contributed by atoms with E-state index in [-0.39, 0.29) is 105 Å². The van der Waals surface area contributed by atoms with Gasteiger partial charge in [0.2, 0.25) is 0 Å². The monoisotopic (exact) mass is 264 g/mol. The Kier molecular flexibility index (Phi) is 24.7. The van der Waals surface area contributed by atoms with Crippen LogP contribution in [-0.2, 0) is 13.9 Å². The molecule has 0 rings (SSSR count). The van der Waals surface area contributed by atoms with E-state index in [4.69, 9.17) is 14.9 Å². The molecule has 0 saturated heterocycles. The van der Waals surface area contributed by atoms with E-state index >= 15 is 0 Å². The topological polar surface area (TPSA) is 104 Å². The molecule has 0 aliphatic carbocycles. The van der Waals surface area contributed by atoms with Crippen LogP contribution in [0.5, 0.6) is 0 Å². The second-order valence-electron chi connectivity index (χ2n) is 1.11. The van der Waals surface area contributed by atoms with Crippen LogP contribution in [0.3, 0.4) is 0 Å². The number of phosphoric ester groups is 1. The molecule has 0 aliphatic rings. The first kappa shape index (κ1) is 24.4. The molecule has 0 aromatic heterocycles. The minimum atomic E-state index is -4.75. The van der Waals surface area contributed by atoms with Crippen molar-refractivity contribution in [1.29, 1.82) is 0 Å². The van der Waals surface area contributed by atoms with Gasteiger partial charge in [0.25, 0.3) is 0 Å². The van der Waals surface area contributed by atoms with Gasteiger partial charge < -0.3 is 9.63 Å². The van der Waals surface area contributed by atoms with E-state index in [1.165, 1.54) is 0 Å². The number of phosphoric acid groups is 1. The number of rotatable bonds is 2. The average Bonchev–Trinajstić information content (AvgIpc) is 1.62. The first-order chi connectivity index (χ1) is 3.95. The van der Waals surface area contributed by atoms with Crippen LogP contribution in [-0.4, -0.2) is 133 Å². The summed E-state index contributed by atoms with van der Waals surface area (Å²) >= 11 is 0. The minimum absolute atomic E-state index is 0. The fourth-order valence-corrected chi connectivity index (χ4v) is 0.485. The first-order valence-corrected chi connectivity index (χ1v) is 3.37. The zero-order chi connectivity index (χ0) is 7.49. The molecule has 64 valence electrons. The molecule has 0 aliphatic heterocycles. The van der Waals surface area contributed by atoms with Crippen molar-refractivity contribution in [3.8, 4) is 0 Å². The van der Waals surface area contributed by atoms with Crippen LogP contribution < -0.4 is 0 Å². The van der Waals surface area contributed by atoms with Crippen molar-refractivity contribution >= 4 is 119 Å². The Morgan fingerprint density at radius 2 is 1.67 bits per heavy atom. The predicted octanol–water partition coefficient (Wildman–Crippen LogP) is -3.87. The Hall–Kier alpha value is 3.10. The van der Waals surface area contributed by atoms with Gasteiger partial charge in [-0.1, -0.05) is 0 Å². The van der Waals surface area contributed by atoms with Crippen LogP contribution in [0.2, 0.25) is 0 Å². The Balaban J connectivity index is -0.000000107. The molecule has 0 fully saturated rings. The van der Waals surface area contributed by atoms with E-state index in [9.17, 15) is 9.36 Å². The molecule has 0 aromatic carbocycles. The van der Waals surface area contributed by atoms with Gasteiger partial charge in [-0.2, -0.15) is 0 Å². The summed E-state index contributed by atoms with van der Waals surface area (Å²) in [7, 11) is -4.75. The molecule has 0 atom stereocenters. The average molecular weight is 264 g/mol. The van der Waals surface area contributed by atoms with Crippen molar-refractivity contribution < 1.29 is 28.8 Å². The second-order valence-corrected chi connectivity index (χ2v) is 2.28. The molecule has 3 N–H and O–H groups in total. The molecule has 0 saturated carbocycles. The van der Waals surface area contributed by atoms with Crippen LogP contribution in [0.1, 0.15) is 0 Å². The van der Waals surface area contributed by atoms with E-state index in [1.54, 1.807) is 0 Å². The van der Waals surface area contributed by atoms with Crippen LogP contribution in [0.15, 0.2) is 0 Å². The van der Waals surface area contributed by atoms with Crippen molar-refractivity contribution in [3.05, 3.63) is 0 Å². The molecule has 0 heterocycles. The molecular weight excluding hydrogens is 254 g/mol. The zero-order valence-electron chi connectivity index (χ0n) is 4.22. The van der Waals surface area contributed by atoms with E-state index in [0.29, 0.717) is 0 Å². The van der Waals surface area contributed by atoms with Gasteiger partial charge in [-0.15, -0.1) is 0 Å². The van der Waals surface area contributed by atoms with Gasteiger partial charge in [-0.25, -0.2) is 9.36 Å². The summed E-state index contributed by atoms with van der Waals surface area (Å²) < 4.78 is 13.1. The van der Waals surface area contributed by atoms with Crippen LogP contribution in [0.25, 0.3) is 0 Å². The third kappa shape index (κ3) is 18.8. The molecule has 10 heteroatoms. The molecule has 0 spiro atoms. The van der Waals surface area contributed by atoms with Crippen LogP contribution >= 0.6 is 7.82 Å². The predicted molar refractivity (Wildman–Crippen MR) is 49.5 cm³/mol. The van der Waals surface area contributed by atoms with Gasteiger partial charge >= 0.3 is 119 Å². The summed E-state index contributed by atoms with van der Waals surface area (Å²) in [4.78, 5) is 25.6. The number of carbonyl (C=O) groups excluding carboxylic acids is 1. The molecule has 0 amide bonds. The normalized spacial score (nSPS) is 8.25. The Bertz CT molecular complexity index is 158. The summed E-state index contributed by atoms with van der Waals surface area (Å²) in [6, 6.07) is 0.